The first-order chi connectivity index (χ1) is 9.33. The summed E-state index contributed by atoms with van der Waals surface area (Å²) < 4.78 is 55.3. The van der Waals surface area contributed by atoms with E-state index in [0.717, 1.165) is 6.07 Å². The minimum absolute atomic E-state index is 0.0664. The Morgan fingerprint density at radius 2 is 1.95 bits per heavy atom. The van der Waals surface area contributed by atoms with E-state index >= 15 is 0 Å². The summed E-state index contributed by atoms with van der Waals surface area (Å²) in [6, 6.07) is 3.54. The number of hydrogen-bond acceptors (Lipinski definition) is 3. The van der Waals surface area contributed by atoms with Crippen molar-refractivity contribution >= 4 is 22.6 Å². The van der Waals surface area contributed by atoms with Crippen LogP contribution in [0.3, 0.4) is 0 Å². The van der Waals surface area contributed by atoms with Crippen LogP contribution in [0.5, 0.6) is 5.75 Å². The zero-order valence-corrected chi connectivity index (χ0v) is 10.5. The van der Waals surface area contributed by atoms with Crippen molar-refractivity contribution in [3.63, 3.8) is 0 Å². The SMILES string of the molecule is C=CC(F)(F)c1nc2ccc(OC(F)F)cc2nc1Cl. The third-order valence-corrected chi connectivity index (χ3v) is 2.65. The van der Waals surface area contributed by atoms with E-state index in [0.29, 0.717) is 6.08 Å². The number of alkyl halides is 4. The molecule has 0 saturated carbocycles. The van der Waals surface area contributed by atoms with Crippen molar-refractivity contribution in [2.75, 3.05) is 0 Å². The number of allylic oxidation sites excluding steroid dienone is 1. The van der Waals surface area contributed by atoms with Crippen molar-refractivity contribution in [3.8, 4) is 5.75 Å². The highest BCUT2D eigenvalue weighted by Crippen LogP contribution is 2.33. The Hall–Kier alpha value is -1.89. The number of benzene rings is 1. The third-order valence-electron chi connectivity index (χ3n) is 2.39. The van der Waals surface area contributed by atoms with Gasteiger partial charge >= 0.3 is 12.5 Å². The Labute approximate surface area is 115 Å². The van der Waals surface area contributed by atoms with Crippen LogP contribution < -0.4 is 4.74 Å². The van der Waals surface area contributed by atoms with Crippen LogP contribution in [0, 0.1) is 0 Å². The molecule has 0 aliphatic heterocycles. The van der Waals surface area contributed by atoms with E-state index in [4.69, 9.17) is 11.6 Å². The first-order valence-electron chi connectivity index (χ1n) is 5.27. The maximum atomic E-state index is 13.5. The molecule has 1 heterocycles. The smallest absolute Gasteiger partial charge is 0.387 e. The number of rotatable bonds is 4. The molecule has 0 spiro atoms. The summed E-state index contributed by atoms with van der Waals surface area (Å²) in [4.78, 5) is 7.39. The summed E-state index contributed by atoms with van der Waals surface area (Å²) in [5.74, 6) is -3.60. The number of ether oxygens (including phenoxy) is 1. The zero-order chi connectivity index (χ0) is 14.9. The maximum Gasteiger partial charge on any atom is 0.387 e. The molecule has 0 unspecified atom stereocenters. The van der Waals surface area contributed by atoms with Crippen molar-refractivity contribution in [2.45, 2.75) is 12.5 Å². The van der Waals surface area contributed by atoms with E-state index in [2.05, 4.69) is 21.3 Å². The molecule has 2 rings (SSSR count). The Balaban J connectivity index is 2.54. The molecule has 0 atom stereocenters. The van der Waals surface area contributed by atoms with Crippen molar-refractivity contribution in [2.24, 2.45) is 0 Å². The first-order valence-corrected chi connectivity index (χ1v) is 5.65. The number of aromatic nitrogens is 2. The van der Waals surface area contributed by atoms with E-state index < -0.39 is 23.4 Å². The van der Waals surface area contributed by atoms with Gasteiger partial charge in [0.05, 0.1) is 11.0 Å². The molecule has 0 fully saturated rings. The van der Waals surface area contributed by atoms with Crippen molar-refractivity contribution in [3.05, 3.63) is 41.7 Å². The van der Waals surface area contributed by atoms with Crippen LogP contribution in [-0.4, -0.2) is 16.6 Å². The van der Waals surface area contributed by atoms with Crippen LogP contribution in [0.2, 0.25) is 5.15 Å². The summed E-state index contributed by atoms with van der Waals surface area (Å²) >= 11 is 5.63. The van der Waals surface area contributed by atoms with E-state index in [1.54, 1.807) is 0 Å². The molecule has 0 amide bonds. The first kappa shape index (κ1) is 14.5. The van der Waals surface area contributed by atoms with Gasteiger partial charge in [0, 0.05) is 6.07 Å². The monoisotopic (exact) mass is 306 g/mol. The quantitative estimate of drug-likeness (QED) is 0.628. The molecule has 1 aromatic carbocycles. The van der Waals surface area contributed by atoms with Gasteiger partial charge < -0.3 is 4.74 Å². The summed E-state index contributed by atoms with van der Waals surface area (Å²) in [5, 5.41) is -0.531. The number of halogens is 5. The summed E-state index contributed by atoms with van der Waals surface area (Å²) in [6.07, 6.45) is 0.392. The lowest BCUT2D eigenvalue weighted by Crippen LogP contribution is -2.13. The van der Waals surface area contributed by atoms with Gasteiger partial charge in [-0.05, 0) is 18.2 Å². The van der Waals surface area contributed by atoms with E-state index in [9.17, 15) is 17.6 Å². The molecular weight excluding hydrogens is 300 g/mol. The Morgan fingerprint density at radius 1 is 1.25 bits per heavy atom. The van der Waals surface area contributed by atoms with Gasteiger partial charge in [-0.15, -0.1) is 0 Å². The predicted molar refractivity (Wildman–Crippen MR) is 65.3 cm³/mol. The molecule has 0 aliphatic rings. The van der Waals surface area contributed by atoms with Gasteiger partial charge in [0.1, 0.15) is 5.75 Å². The predicted octanol–water partition coefficient (Wildman–Crippen LogP) is 4.16. The normalized spacial score (nSPS) is 11.9. The van der Waals surface area contributed by atoms with Crippen molar-refractivity contribution in [1.82, 2.24) is 9.97 Å². The third kappa shape index (κ3) is 2.82. The molecule has 20 heavy (non-hydrogen) atoms. The Bertz CT molecular complexity index is 663. The molecule has 3 nitrogen and oxygen atoms in total. The molecule has 0 radical (unpaired) electrons. The van der Waals surface area contributed by atoms with Gasteiger partial charge in [-0.25, -0.2) is 9.97 Å². The number of hydrogen-bond donors (Lipinski definition) is 0. The summed E-state index contributed by atoms with van der Waals surface area (Å²) in [7, 11) is 0. The summed E-state index contributed by atoms with van der Waals surface area (Å²) in [6.45, 7) is -0.00282. The fourth-order valence-corrected chi connectivity index (χ4v) is 1.76. The molecular formula is C12H7ClF4N2O. The highest BCUT2D eigenvalue weighted by Gasteiger charge is 2.33. The van der Waals surface area contributed by atoms with Crippen LogP contribution in [0.4, 0.5) is 17.6 Å². The summed E-state index contributed by atoms with van der Waals surface area (Å²) in [5.41, 5.74) is -0.603. The Morgan fingerprint density at radius 3 is 2.55 bits per heavy atom. The van der Waals surface area contributed by atoms with E-state index in [1.165, 1.54) is 12.1 Å². The molecule has 106 valence electrons. The average molecular weight is 307 g/mol. The van der Waals surface area contributed by atoms with Crippen molar-refractivity contribution in [1.29, 1.82) is 0 Å². The fraction of sp³-hybridized carbons (Fsp3) is 0.167. The second-order valence-corrected chi connectivity index (χ2v) is 4.08. The lowest BCUT2D eigenvalue weighted by Gasteiger charge is -2.13. The van der Waals surface area contributed by atoms with E-state index in [-0.39, 0.29) is 16.8 Å². The lowest BCUT2D eigenvalue weighted by molar-refractivity contribution is -0.0497. The largest absolute Gasteiger partial charge is 0.435 e. The van der Waals surface area contributed by atoms with Crippen LogP contribution in [0.25, 0.3) is 11.0 Å². The second-order valence-electron chi connectivity index (χ2n) is 3.72. The zero-order valence-electron chi connectivity index (χ0n) is 9.79. The second kappa shape index (κ2) is 5.24. The minimum atomic E-state index is -3.43. The topological polar surface area (TPSA) is 35.0 Å². The van der Waals surface area contributed by atoms with Gasteiger partial charge in [-0.1, -0.05) is 18.2 Å². The molecule has 2 aromatic rings. The molecule has 0 N–H and O–H groups in total. The van der Waals surface area contributed by atoms with Crippen LogP contribution in [-0.2, 0) is 5.92 Å². The fourth-order valence-electron chi connectivity index (χ4n) is 1.50. The van der Waals surface area contributed by atoms with Crippen LogP contribution in [0.15, 0.2) is 30.9 Å². The molecule has 0 saturated heterocycles. The molecule has 8 heteroatoms. The Kier molecular flexibility index (Phi) is 3.80. The maximum absolute atomic E-state index is 13.5. The molecule has 0 aliphatic carbocycles. The van der Waals surface area contributed by atoms with Gasteiger partial charge in [0.25, 0.3) is 0 Å². The van der Waals surface area contributed by atoms with Crippen LogP contribution >= 0.6 is 11.6 Å². The molecule has 0 bridgehead atoms. The lowest BCUT2D eigenvalue weighted by atomic mass is 10.2. The van der Waals surface area contributed by atoms with Crippen LogP contribution in [0.1, 0.15) is 5.69 Å². The standard InChI is InChI=1S/C12H7ClF4N2O/c1-2-12(16,17)9-10(13)19-8-5-6(20-11(14)15)3-4-7(8)18-9/h2-5,11H,1H2. The number of nitrogens with zero attached hydrogens (tertiary/aromatic N) is 2. The highest BCUT2D eigenvalue weighted by molar-refractivity contribution is 6.30. The van der Waals surface area contributed by atoms with Gasteiger partial charge in [-0.2, -0.15) is 17.6 Å². The minimum Gasteiger partial charge on any atom is -0.435 e. The van der Waals surface area contributed by atoms with E-state index in [1.807, 2.05) is 0 Å². The number of fused-ring (bicyclic) bond motifs is 1. The van der Waals surface area contributed by atoms with Crippen molar-refractivity contribution < 1.29 is 22.3 Å². The van der Waals surface area contributed by atoms with Gasteiger partial charge in [0.15, 0.2) is 10.8 Å². The average Bonchev–Trinajstić information content (AvgIpc) is 2.36. The molecule has 1 aromatic heterocycles. The van der Waals surface area contributed by atoms with Gasteiger partial charge in [0.2, 0.25) is 0 Å². The highest BCUT2D eigenvalue weighted by atomic mass is 35.5. The van der Waals surface area contributed by atoms with Gasteiger partial charge in [-0.3, -0.25) is 0 Å².